The number of rotatable bonds is 10. The van der Waals surface area contributed by atoms with E-state index in [1.165, 1.54) is 23.9 Å². The predicted molar refractivity (Wildman–Crippen MR) is 141 cm³/mol. The van der Waals surface area contributed by atoms with Crippen LogP contribution in [0.3, 0.4) is 0 Å². The summed E-state index contributed by atoms with van der Waals surface area (Å²) in [5.41, 5.74) is 1.24. The lowest BCUT2D eigenvalue weighted by Crippen LogP contribution is -2.41. The van der Waals surface area contributed by atoms with Crippen LogP contribution in [0.2, 0.25) is 0 Å². The molecule has 0 aliphatic heterocycles. The Morgan fingerprint density at radius 3 is 2.40 bits per heavy atom. The number of halogens is 1. The zero-order valence-electron chi connectivity index (χ0n) is 21.4. The standard InChI is InChI=1S/C27H35FN4O2S/c1-18(2)31(19(3)4)14-15-32-26(34)23-12-7-8-13-24(23)29-27(32)35-20(5)25(33)30(6)17-21-10-9-11-22(28)16-21/h7-13,16,18-20H,14-15,17H2,1-6H3. The summed E-state index contributed by atoms with van der Waals surface area (Å²) in [5, 5.41) is 0.625. The van der Waals surface area contributed by atoms with Crippen LogP contribution in [0, 0.1) is 5.82 Å². The lowest BCUT2D eigenvalue weighted by molar-refractivity contribution is -0.129. The Labute approximate surface area is 211 Å². The van der Waals surface area contributed by atoms with Crippen LogP contribution >= 0.6 is 11.8 Å². The molecular weight excluding hydrogens is 463 g/mol. The van der Waals surface area contributed by atoms with Crippen LogP contribution in [-0.2, 0) is 17.9 Å². The van der Waals surface area contributed by atoms with Gasteiger partial charge in [0, 0.05) is 38.8 Å². The Kier molecular flexibility index (Phi) is 9.08. The summed E-state index contributed by atoms with van der Waals surface area (Å²) in [4.78, 5) is 35.2. The topological polar surface area (TPSA) is 58.4 Å². The number of aromatic nitrogens is 2. The van der Waals surface area contributed by atoms with Crippen molar-refractivity contribution in [2.24, 2.45) is 0 Å². The molecule has 3 rings (SSSR count). The number of hydrogen-bond acceptors (Lipinski definition) is 5. The highest BCUT2D eigenvalue weighted by molar-refractivity contribution is 8.00. The molecule has 1 amide bonds. The van der Waals surface area contributed by atoms with E-state index in [1.54, 1.807) is 34.7 Å². The van der Waals surface area contributed by atoms with Crippen LogP contribution in [0.25, 0.3) is 10.9 Å². The van der Waals surface area contributed by atoms with Crippen molar-refractivity contribution >= 4 is 28.6 Å². The van der Waals surface area contributed by atoms with Gasteiger partial charge in [0.15, 0.2) is 5.16 Å². The molecule has 0 bridgehead atoms. The highest BCUT2D eigenvalue weighted by Gasteiger charge is 2.23. The van der Waals surface area contributed by atoms with Crippen molar-refractivity contribution in [3.05, 3.63) is 70.3 Å². The molecule has 1 aromatic heterocycles. The van der Waals surface area contributed by atoms with Gasteiger partial charge in [0.2, 0.25) is 5.91 Å². The fourth-order valence-electron chi connectivity index (χ4n) is 4.27. The molecule has 0 saturated carbocycles. The average molecular weight is 499 g/mol. The molecule has 3 aromatic rings. The third-order valence-electron chi connectivity index (χ3n) is 6.05. The van der Waals surface area contributed by atoms with Gasteiger partial charge in [0.25, 0.3) is 5.56 Å². The minimum atomic E-state index is -0.473. The first-order valence-electron chi connectivity index (χ1n) is 12.0. The molecule has 1 unspecified atom stereocenters. The van der Waals surface area contributed by atoms with Crippen molar-refractivity contribution in [1.29, 1.82) is 0 Å². The molecule has 1 atom stereocenters. The molecule has 0 radical (unpaired) electrons. The van der Waals surface area contributed by atoms with E-state index in [4.69, 9.17) is 4.98 Å². The molecule has 35 heavy (non-hydrogen) atoms. The molecule has 188 valence electrons. The Balaban J connectivity index is 1.86. The summed E-state index contributed by atoms with van der Waals surface area (Å²) in [6.07, 6.45) is 0. The number of benzene rings is 2. The lowest BCUT2D eigenvalue weighted by Gasteiger charge is -2.31. The van der Waals surface area contributed by atoms with E-state index in [1.807, 2.05) is 25.1 Å². The van der Waals surface area contributed by atoms with Crippen molar-refractivity contribution in [2.45, 2.75) is 70.2 Å². The minimum Gasteiger partial charge on any atom is -0.340 e. The second kappa shape index (κ2) is 11.8. The SMILES string of the molecule is CC(Sc1nc2ccccc2c(=O)n1CCN(C(C)C)C(C)C)C(=O)N(C)Cc1cccc(F)c1. The number of carbonyl (C=O) groups excluding carboxylic acids is 1. The van der Waals surface area contributed by atoms with E-state index in [2.05, 4.69) is 32.6 Å². The van der Waals surface area contributed by atoms with Gasteiger partial charge in [-0.15, -0.1) is 0 Å². The van der Waals surface area contributed by atoms with Gasteiger partial charge in [-0.25, -0.2) is 9.37 Å². The first-order chi connectivity index (χ1) is 16.6. The summed E-state index contributed by atoms with van der Waals surface area (Å²) >= 11 is 1.29. The maximum atomic E-state index is 13.6. The molecule has 8 heteroatoms. The largest absolute Gasteiger partial charge is 0.340 e. The molecule has 1 heterocycles. The summed E-state index contributed by atoms with van der Waals surface area (Å²) in [6.45, 7) is 11.9. The van der Waals surface area contributed by atoms with Gasteiger partial charge in [-0.2, -0.15) is 0 Å². The summed E-state index contributed by atoms with van der Waals surface area (Å²) in [6, 6.07) is 14.2. The number of para-hydroxylation sites is 1. The second-order valence-corrected chi connectivity index (χ2v) is 10.7. The number of thioether (sulfide) groups is 1. The highest BCUT2D eigenvalue weighted by atomic mass is 32.2. The van der Waals surface area contributed by atoms with Crippen molar-refractivity contribution in [2.75, 3.05) is 13.6 Å². The van der Waals surface area contributed by atoms with Crippen molar-refractivity contribution in [3.8, 4) is 0 Å². The zero-order valence-corrected chi connectivity index (χ0v) is 22.2. The van der Waals surface area contributed by atoms with Gasteiger partial charge < -0.3 is 4.90 Å². The smallest absolute Gasteiger partial charge is 0.262 e. The molecule has 0 aliphatic carbocycles. The molecule has 2 aromatic carbocycles. The second-order valence-electron chi connectivity index (χ2n) is 9.38. The number of fused-ring (bicyclic) bond motifs is 1. The first kappa shape index (κ1) is 26.9. The Morgan fingerprint density at radius 2 is 1.74 bits per heavy atom. The number of nitrogens with zero attached hydrogens (tertiary/aromatic N) is 4. The first-order valence-corrected chi connectivity index (χ1v) is 12.9. The number of hydrogen-bond donors (Lipinski definition) is 0. The van der Waals surface area contributed by atoms with Crippen LogP contribution in [0.1, 0.15) is 40.2 Å². The van der Waals surface area contributed by atoms with Crippen molar-refractivity contribution in [3.63, 3.8) is 0 Å². The average Bonchev–Trinajstić information content (AvgIpc) is 2.80. The molecular formula is C27H35FN4O2S. The van der Waals surface area contributed by atoms with Gasteiger partial charge in [-0.3, -0.25) is 19.1 Å². The van der Waals surface area contributed by atoms with E-state index in [-0.39, 0.29) is 17.3 Å². The maximum Gasteiger partial charge on any atom is 0.262 e. The van der Waals surface area contributed by atoms with Crippen LogP contribution in [0.15, 0.2) is 58.5 Å². The third kappa shape index (κ3) is 6.70. The zero-order chi connectivity index (χ0) is 25.7. The van der Waals surface area contributed by atoms with E-state index in [0.29, 0.717) is 47.8 Å². The number of amides is 1. The molecule has 0 spiro atoms. The van der Waals surface area contributed by atoms with Crippen LogP contribution in [0.4, 0.5) is 4.39 Å². The maximum absolute atomic E-state index is 13.6. The molecule has 6 nitrogen and oxygen atoms in total. The van der Waals surface area contributed by atoms with Gasteiger partial charge in [0.1, 0.15) is 5.82 Å². The fourth-order valence-corrected chi connectivity index (χ4v) is 5.32. The molecule has 0 fully saturated rings. The summed E-state index contributed by atoms with van der Waals surface area (Å²) in [5.74, 6) is -0.439. The van der Waals surface area contributed by atoms with E-state index >= 15 is 0 Å². The number of carbonyl (C=O) groups is 1. The monoisotopic (exact) mass is 498 g/mol. The van der Waals surface area contributed by atoms with E-state index in [9.17, 15) is 14.0 Å². The minimum absolute atomic E-state index is 0.0988. The van der Waals surface area contributed by atoms with E-state index in [0.717, 1.165) is 5.56 Å². The summed E-state index contributed by atoms with van der Waals surface area (Å²) in [7, 11) is 1.70. The normalized spacial score (nSPS) is 12.6. The Hall–Kier alpha value is -2.71. The van der Waals surface area contributed by atoms with Gasteiger partial charge in [-0.1, -0.05) is 36.0 Å². The Bertz CT molecular complexity index is 1220. The van der Waals surface area contributed by atoms with E-state index < -0.39 is 5.25 Å². The quantitative estimate of drug-likeness (QED) is 0.297. The van der Waals surface area contributed by atoms with Crippen LogP contribution in [-0.4, -0.2) is 56.2 Å². The molecule has 0 saturated heterocycles. The fraction of sp³-hybridized carbons (Fsp3) is 0.444. The predicted octanol–water partition coefficient (Wildman–Crippen LogP) is 4.79. The van der Waals surface area contributed by atoms with Crippen molar-refractivity contribution in [1.82, 2.24) is 19.4 Å². The van der Waals surface area contributed by atoms with Gasteiger partial charge >= 0.3 is 0 Å². The van der Waals surface area contributed by atoms with Gasteiger partial charge in [-0.05, 0) is 64.4 Å². The lowest BCUT2D eigenvalue weighted by atomic mass is 10.2. The molecule has 0 aliphatic rings. The van der Waals surface area contributed by atoms with Crippen LogP contribution < -0.4 is 5.56 Å². The van der Waals surface area contributed by atoms with Crippen molar-refractivity contribution < 1.29 is 9.18 Å². The van der Waals surface area contributed by atoms with Crippen LogP contribution in [0.5, 0.6) is 0 Å². The molecule has 0 N–H and O–H groups in total. The highest BCUT2D eigenvalue weighted by Crippen LogP contribution is 2.24. The third-order valence-corrected chi connectivity index (χ3v) is 7.13. The Morgan fingerprint density at radius 1 is 1.06 bits per heavy atom. The summed E-state index contributed by atoms with van der Waals surface area (Å²) < 4.78 is 15.2. The van der Waals surface area contributed by atoms with Gasteiger partial charge in [0.05, 0.1) is 16.2 Å².